The fourth-order valence-electron chi connectivity index (χ4n) is 6.34. The number of Topliss-reactive ketones (excluding diaryl/α,β-unsaturated/α-hetero) is 2. The number of hydrogen-bond acceptors (Lipinski definition) is 5. The third kappa shape index (κ3) is 6.44. The predicted molar refractivity (Wildman–Crippen MR) is 152 cm³/mol. The molecule has 232 valence electrons. The minimum atomic E-state index is -5.08. The molecule has 2 aliphatic heterocycles. The van der Waals surface area contributed by atoms with Gasteiger partial charge in [-0.05, 0) is 47.1 Å². The van der Waals surface area contributed by atoms with E-state index in [1.165, 1.54) is 6.07 Å². The van der Waals surface area contributed by atoms with E-state index in [4.69, 9.17) is 33.1 Å². The minimum Gasteiger partial charge on any atom is -0.475 e. The Labute approximate surface area is 255 Å². The predicted octanol–water partition coefficient (Wildman–Crippen LogP) is 6.45. The zero-order valence-electron chi connectivity index (χ0n) is 23.4. The smallest absolute Gasteiger partial charge is 0.475 e. The van der Waals surface area contributed by atoms with Gasteiger partial charge in [-0.1, -0.05) is 62.2 Å². The summed E-state index contributed by atoms with van der Waals surface area (Å²) in [6, 6.07) is 8.65. The molecule has 2 fully saturated rings. The van der Waals surface area contributed by atoms with Crippen molar-refractivity contribution in [2.75, 3.05) is 5.32 Å². The fourth-order valence-corrected chi connectivity index (χ4v) is 6.70. The van der Waals surface area contributed by atoms with Crippen LogP contribution >= 0.6 is 23.2 Å². The first-order valence-electron chi connectivity index (χ1n) is 13.5. The van der Waals surface area contributed by atoms with Crippen molar-refractivity contribution in [3.8, 4) is 0 Å². The van der Waals surface area contributed by atoms with Crippen LogP contribution in [0.4, 0.5) is 23.2 Å². The number of hydrogen-bond donors (Lipinski definition) is 3. The van der Waals surface area contributed by atoms with Gasteiger partial charge in [-0.2, -0.15) is 13.2 Å². The molecule has 4 atom stereocenters. The third-order valence-electron chi connectivity index (χ3n) is 8.05. The number of carboxylic acid groups (broad SMARTS) is 1. The van der Waals surface area contributed by atoms with E-state index in [-0.39, 0.29) is 45.8 Å². The van der Waals surface area contributed by atoms with Gasteiger partial charge in [-0.15, -0.1) is 0 Å². The molecule has 1 saturated heterocycles. The number of alkyl halides is 3. The Morgan fingerprint density at radius 1 is 1.07 bits per heavy atom. The van der Waals surface area contributed by atoms with E-state index in [0.717, 1.165) is 0 Å². The van der Waals surface area contributed by atoms with Crippen LogP contribution < -0.4 is 10.6 Å². The molecule has 0 aromatic heterocycles. The molecule has 2 aromatic rings. The summed E-state index contributed by atoms with van der Waals surface area (Å²) in [5.74, 6) is -4.51. The third-order valence-corrected chi connectivity index (χ3v) is 8.58. The van der Waals surface area contributed by atoms with Gasteiger partial charge in [-0.25, -0.2) is 9.18 Å². The number of carbonyl (C=O) groups excluding carboxylic acids is 3. The Morgan fingerprint density at radius 3 is 2.26 bits per heavy atom. The number of halogens is 6. The molecule has 2 heterocycles. The lowest BCUT2D eigenvalue weighted by atomic mass is 9.62. The highest BCUT2D eigenvalue weighted by Crippen LogP contribution is 2.57. The summed E-state index contributed by atoms with van der Waals surface area (Å²) in [5, 5.41) is 14.0. The average molecular weight is 645 g/mol. The van der Waals surface area contributed by atoms with Crippen LogP contribution in [0, 0.1) is 17.2 Å². The molecule has 43 heavy (non-hydrogen) atoms. The van der Waals surface area contributed by atoms with Crippen LogP contribution in [0.15, 0.2) is 36.4 Å². The Morgan fingerprint density at radius 2 is 1.70 bits per heavy atom. The zero-order chi connectivity index (χ0) is 32.1. The topological polar surface area (TPSA) is 113 Å². The normalized spacial score (nSPS) is 25.1. The second kappa shape index (κ2) is 11.8. The SMILES string of the molecule is CC(C)(C)C[C@H]1N[C@@H](C(=O)CC2CC(=O)C2)[C@H](c2cccc(Cl)c2F)[C@@]12C(=O)Nc1cc(Cl)ccc12.O=C(O)C(F)(F)F. The van der Waals surface area contributed by atoms with Crippen molar-refractivity contribution >= 4 is 52.3 Å². The number of anilines is 1. The van der Waals surface area contributed by atoms with E-state index in [1.807, 2.05) is 0 Å². The lowest BCUT2D eigenvalue weighted by Gasteiger charge is -2.38. The standard InChI is InChI=1S/C28H29Cl2FN2O3.C2HF3O2/c1-27(2,3)13-22-28(18-8-7-15(29)12-20(18)32-26(28)36)23(17-5-4-6-19(30)24(17)31)25(33-22)21(35)11-14-9-16(34)10-14;3-2(4,5)1(6)7/h4-8,12,14,22-23,25,33H,9-11,13H2,1-3H3,(H,32,36);(H,6,7)/t22-,23+,25+,28+;/m1./s1. The van der Waals surface area contributed by atoms with E-state index in [0.29, 0.717) is 35.5 Å². The Hall–Kier alpha value is -3.02. The Kier molecular flexibility index (Phi) is 9.04. The number of benzene rings is 2. The molecule has 3 aliphatic rings. The van der Waals surface area contributed by atoms with Gasteiger partial charge in [0.25, 0.3) is 0 Å². The number of carbonyl (C=O) groups is 4. The maximum atomic E-state index is 15.7. The summed E-state index contributed by atoms with van der Waals surface area (Å²) < 4.78 is 47.4. The van der Waals surface area contributed by atoms with Gasteiger partial charge in [-0.3, -0.25) is 14.4 Å². The second-order valence-corrected chi connectivity index (χ2v) is 13.2. The number of fused-ring (bicyclic) bond motifs is 2. The molecule has 0 bridgehead atoms. The van der Waals surface area contributed by atoms with Gasteiger partial charge < -0.3 is 15.7 Å². The number of rotatable bonds is 5. The van der Waals surface area contributed by atoms with E-state index < -0.39 is 41.4 Å². The monoisotopic (exact) mass is 644 g/mol. The van der Waals surface area contributed by atoms with Crippen LogP contribution in [0.25, 0.3) is 0 Å². The average Bonchev–Trinajstić information content (AvgIpc) is 3.33. The van der Waals surface area contributed by atoms with Gasteiger partial charge in [0.1, 0.15) is 17.0 Å². The van der Waals surface area contributed by atoms with Crippen molar-refractivity contribution in [2.24, 2.45) is 11.3 Å². The number of amides is 1. The molecule has 0 unspecified atom stereocenters. The zero-order valence-corrected chi connectivity index (χ0v) is 25.0. The van der Waals surface area contributed by atoms with Crippen LogP contribution in [0.5, 0.6) is 0 Å². The van der Waals surface area contributed by atoms with Crippen molar-refractivity contribution in [1.82, 2.24) is 5.32 Å². The maximum absolute atomic E-state index is 15.7. The van der Waals surface area contributed by atoms with Gasteiger partial charge >= 0.3 is 12.1 Å². The van der Waals surface area contributed by atoms with Crippen molar-refractivity contribution in [1.29, 1.82) is 0 Å². The summed E-state index contributed by atoms with van der Waals surface area (Å²) in [5.41, 5.74) is 0.0348. The highest BCUT2D eigenvalue weighted by Gasteiger charge is 2.66. The van der Waals surface area contributed by atoms with E-state index >= 15 is 4.39 Å². The van der Waals surface area contributed by atoms with E-state index in [1.54, 1.807) is 30.3 Å². The van der Waals surface area contributed by atoms with Crippen LogP contribution in [0.1, 0.15) is 63.5 Å². The number of aliphatic carboxylic acids is 1. The lowest BCUT2D eigenvalue weighted by molar-refractivity contribution is -0.192. The van der Waals surface area contributed by atoms with Crippen LogP contribution in [-0.2, 0) is 24.6 Å². The Bertz CT molecular complexity index is 1470. The summed E-state index contributed by atoms with van der Waals surface area (Å²) in [6.45, 7) is 6.21. The largest absolute Gasteiger partial charge is 0.490 e. The molecular weight excluding hydrogens is 615 g/mol. The van der Waals surface area contributed by atoms with Crippen LogP contribution in [-0.4, -0.2) is 46.8 Å². The molecule has 1 saturated carbocycles. The molecule has 13 heteroatoms. The maximum Gasteiger partial charge on any atom is 0.490 e. The molecule has 1 spiro atoms. The van der Waals surface area contributed by atoms with E-state index in [2.05, 4.69) is 31.4 Å². The highest BCUT2D eigenvalue weighted by molar-refractivity contribution is 6.31. The van der Waals surface area contributed by atoms with Crippen molar-refractivity contribution in [3.63, 3.8) is 0 Å². The van der Waals surface area contributed by atoms with Crippen molar-refractivity contribution in [3.05, 3.63) is 63.4 Å². The van der Waals surface area contributed by atoms with Crippen LogP contribution in [0.2, 0.25) is 10.0 Å². The first-order valence-corrected chi connectivity index (χ1v) is 14.3. The van der Waals surface area contributed by atoms with Crippen LogP contribution in [0.3, 0.4) is 0 Å². The van der Waals surface area contributed by atoms with Crippen molar-refractivity contribution in [2.45, 2.75) is 76.0 Å². The molecule has 1 aliphatic carbocycles. The molecule has 2 aromatic carbocycles. The fraction of sp³-hybridized carbons (Fsp3) is 0.467. The number of ketones is 2. The summed E-state index contributed by atoms with van der Waals surface area (Å²) in [7, 11) is 0. The van der Waals surface area contributed by atoms with Gasteiger partial charge in [0.2, 0.25) is 5.91 Å². The molecule has 3 N–H and O–H groups in total. The molecule has 1 amide bonds. The first kappa shape index (κ1) is 32.9. The molecule has 5 rings (SSSR count). The molecule has 7 nitrogen and oxygen atoms in total. The van der Waals surface area contributed by atoms with Crippen molar-refractivity contribution < 1.29 is 41.8 Å². The Balaban J connectivity index is 0.000000541. The van der Waals surface area contributed by atoms with Gasteiger partial charge in [0.05, 0.1) is 11.1 Å². The summed E-state index contributed by atoms with van der Waals surface area (Å²) >= 11 is 12.5. The number of nitrogens with one attached hydrogen (secondary N) is 2. The highest BCUT2D eigenvalue weighted by atomic mass is 35.5. The number of carboxylic acids is 1. The molecular formula is C30H30Cl2F4N2O5. The first-order chi connectivity index (χ1) is 19.9. The minimum absolute atomic E-state index is 0.0160. The lowest BCUT2D eigenvalue weighted by Crippen LogP contribution is -2.49. The summed E-state index contributed by atoms with van der Waals surface area (Å²) in [6.07, 6.45) is -3.55. The quantitative estimate of drug-likeness (QED) is 0.322. The summed E-state index contributed by atoms with van der Waals surface area (Å²) in [4.78, 5) is 48.3. The van der Waals surface area contributed by atoms with E-state index in [9.17, 15) is 27.6 Å². The van der Waals surface area contributed by atoms with Gasteiger partial charge in [0.15, 0.2) is 5.78 Å². The molecule has 0 radical (unpaired) electrons. The van der Waals surface area contributed by atoms with Gasteiger partial charge in [0, 0.05) is 41.9 Å². The second-order valence-electron chi connectivity index (χ2n) is 12.4.